The number of hydrogen-bond acceptors (Lipinski definition) is 3. The summed E-state index contributed by atoms with van der Waals surface area (Å²) >= 11 is 0. The molecule has 0 saturated carbocycles. The monoisotopic (exact) mass is 343 g/mol. The van der Waals surface area contributed by atoms with E-state index in [2.05, 4.69) is 17.1 Å². The fraction of sp³-hybridized carbons (Fsp3) is 0.941. The van der Waals surface area contributed by atoms with Crippen LogP contribution in [0.1, 0.15) is 46.0 Å². The molecule has 23 heavy (non-hydrogen) atoms. The van der Waals surface area contributed by atoms with E-state index >= 15 is 0 Å². The van der Waals surface area contributed by atoms with Crippen LogP contribution in [0.4, 0.5) is 4.79 Å². The molecule has 0 bridgehead atoms. The van der Waals surface area contributed by atoms with Crippen molar-refractivity contribution in [2.45, 2.75) is 51.2 Å². The second-order valence-corrected chi connectivity index (χ2v) is 9.11. The van der Waals surface area contributed by atoms with Crippen LogP contribution in [0.25, 0.3) is 0 Å². The largest absolute Gasteiger partial charge is 0.338 e. The van der Waals surface area contributed by atoms with Crippen LogP contribution in [0.3, 0.4) is 0 Å². The summed E-state index contributed by atoms with van der Waals surface area (Å²) in [5.74, 6) is 1.50. The minimum Gasteiger partial charge on any atom is -0.338 e. The van der Waals surface area contributed by atoms with Crippen molar-refractivity contribution >= 4 is 16.8 Å². The van der Waals surface area contributed by atoms with Crippen LogP contribution in [0.5, 0.6) is 0 Å². The highest BCUT2D eigenvalue weighted by atomic mass is 32.2. The SMILES string of the molecule is CC1CCN(CCCCNC(=O)N2CC[C@@H](C)[S@](=O)CC2)CC1. The van der Waals surface area contributed by atoms with Gasteiger partial charge in [0.1, 0.15) is 0 Å². The topological polar surface area (TPSA) is 52.7 Å². The highest BCUT2D eigenvalue weighted by Crippen LogP contribution is 2.16. The first-order valence-electron chi connectivity index (χ1n) is 9.18. The van der Waals surface area contributed by atoms with Gasteiger partial charge in [-0.05, 0) is 57.7 Å². The lowest BCUT2D eigenvalue weighted by molar-refractivity contribution is 0.188. The summed E-state index contributed by atoms with van der Waals surface area (Å²) in [5, 5.41) is 3.23. The van der Waals surface area contributed by atoms with Gasteiger partial charge < -0.3 is 15.1 Å². The van der Waals surface area contributed by atoms with E-state index in [4.69, 9.17) is 0 Å². The highest BCUT2D eigenvalue weighted by molar-refractivity contribution is 7.85. The molecule has 134 valence electrons. The number of urea groups is 1. The van der Waals surface area contributed by atoms with Crippen molar-refractivity contribution in [3.63, 3.8) is 0 Å². The third-order valence-corrected chi connectivity index (χ3v) is 6.88. The molecule has 2 atom stereocenters. The Balaban J connectivity index is 1.55. The third kappa shape index (κ3) is 6.42. The van der Waals surface area contributed by atoms with Crippen LogP contribution in [0, 0.1) is 5.92 Å². The van der Waals surface area contributed by atoms with Gasteiger partial charge in [-0.25, -0.2) is 4.79 Å². The van der Waals surface area contributed by atoms with Crippen LogP contribution >= 0.6 is 0 Å². The molecular formula is C17H33N3O2S. The Hall–Kier alpha value is -0.620. The summed E-state index contributed by atoms with van der Waals surface area (Å²) in [5.41, 5.74) is 0. The molecule has 2 amide bonds. The molecule has 0 spiro atoms. The van der Waals surface area contributed by atoms with E-state index in [0.717, 1.165) is 44.8 Å². The molecule has 0 aliphatic carbocycles. The van der Waals surface area contributed by atoms with Gasteiger partial charge in [0.25, 0.3) is 0 Å². The van der Waals surface area contributed by atoms with E-state index in [1.807, 2.05) is 11.8 Å². The first-order valence-corrected chi connectivity index (χ1v) is 10.6. The number of nitrogens with zero attached hydrogens (tertiary/aromatic N) is 2. The third-order valence-electron chi connectivity index (χ3n) is 5.16. The average molecular weight is 344 g/mol. The molecule has 1 N–H and O–H groups in total. The number of rotatable bonds is 5. The molecule has 0 aromatic carbocycles. The van der Waals surface area contributed by atoms with Crippen LogP contribution in [0.2, 0.25) is 0 Å². The lowest BCUT2D eigenvalue weighted by atomic mass is 9.99. The fourth-order valence-electron chi connectivity index (χ4n) is 3.24. The molecule has 2 fully saturated rings. The van der Waals surface area contributed by atoms with Crippen molar-refractivity contribution in [3.8, 4) is 0 Å². The number of amides is 2. The van der Waals surface area contributed by atoms with Crippen LogP contribution < -0.4 is 5.32 Å². The number of carbonyl (C=O) groups is 1. The molecule has 2 saturated heterocycles. The Bertz CT molecular complexity index is 397. The molecule has 5 nitrogen and oxygen atoms in total. The Kier molecular flexibility index (Phi) is 7.83. The zero-order valence-electron chi connectivity index (χ0n) is 14.8. The van der Waals surface area contributed by atoms with Gasteiger partial charge in [-0.15, -0.1) is 0 Å². The molecule has 0 aromatic heterocycles. The number of hydrogen-bond donors (Lipinski definition) is 1. The fourth-order valence-corrected chi connectivity index (χ4v) is 4.41. The maximum Gasteiger partial charge on any atom is 0.317 e. The Morgan fingerprint density at radius 2 is 1.83 bits per heavy atom. The van der Waals surface area contributed by atoms with Crippen molar-refractivity contribution in [2.24, 2.45) is 5.92 Å². The predicted octanol–water partition coefficient (Wildman–Crippen LogP) is 2.05. The van der Waals surface area contributed by atoms with Gasteiger partial charge in [0, 0.05) is 41.4 Å². The van der Waals surface area contributed by atoms with Crippen molar-refractivity contribution in [3.05, 3.63) is 0 Å². The summed E-state index contributed by atoms with van der Waals surface area (Å²) in [6.45, 7) is 10.1. The molecule has 2 rings (SSSR count). The number of carbonyl (C=O) groups excluding carboxylic acids is 1. The van der Waals surface area contributed by atoms with E-state index in [1.165, 1.54) is 25.9 Å². The first-order chi connectivity index (χ1) is 11.1. The first kappa shape index (κ1) is 18.7. The van der Waals surface area contributed by atoms with Gasteiger partial charge in [0.05, 0.1) is 0 Å². The van der Waals surface area contributed by atoms with Gasteiger partial charge in [-0.2, -0.15) is 0 Å². The van der Waals surface area contributed by atoms with Crippen LogP contribution in [-0.2, 0) is 10.8 Å². The number of nitrogens with one attached hydrogen (secondary N) is 1. The number of unbranched alkanes of at least 4 members (excludes halogenated alkanes) is 1. The van der Waals surface area contributed by atoms with Crippen molar-refractivity contribution in [1.82, 2.24) is 15.1 Å². The minimum atomic E-state index is -0.781. The van der Waals surface area contributed by atoms with Gasteiger partial charge >= 0.3 is 6.03 Å². The molecular weight excluding hydrogens is 310 g/mol. The summed E-state index contributed by atoms with van der Waals surface area (Å²) in [4.78, 5) is 16.5. The molecule has 0 aromatic rings. The summed E-state index contributed by atoms with van der Waals surface area (Å²) in [7, 11) is -0.781. The summed E-state index contributed by atoms with van der Waals surface area (Å²) < 4.78 is 11.8. The summed E-state index contributed by atoms with van der Waals surface area (Å²) in [6.07, 6.45) is 5.67. The molecule has 6 heteroatoms. The van der Waals surface area contributed by atoms with E-state index in [1.54, 1.807) is 0 Å². The van der Waals surface area contributed by atoms with Gasteiger partial charge in [0.2, 0.25) is 0 Å². The van der Waals surface area contributed by atoms with Gasteiger partial charge in [0.15, 0.2) is 0 Å². The smallest absolute Gasteiger partial charge is 0.317 e. The minimum absolute atomic E-state index is 0.0166. The van der Waals surface area contributed by atoms with Gasteiger partial charge in [-0.1, -0.05) is 13.8 Å². The Morgan fingerprint density at radius 1 is 1.09 bits per heavy atom. The zero-order valence-corrected chi connectivity index (χ0v) is 15.6. The molecule has 0 radical (unpaired) electrons. The van der Waals surface area contributed by atoms with Crippen LogP contribution in [-0.4, -0.2) is 70.3 Å². The van der Waals surface area contributed by atoms with Crippen molar-refractivity contribution < 1.29 is 9.00 Å². The second-order valence-electron chi connectivity index (χ2n) is 7.13. The van der Waals surface area contributed by atoms with Crippen molar-refractivity contribution in [2.75, 3.05) is 45.0 Å². The standard InChI is InChI=1S/C17H33N3O2S/c1-15-5-10-19(11-6-15)9-4-3-8-18-17(21)20-12-7-16(2)23(22)14-13-20/h15-16H,3-14H2,1-2H3,(H,18,21)/t16-,23-/m1/s1. The average Bonchev–Trinajstić information content (AvgIpc) is 2.71. The van der Waals surface area contributed by atoms with E-state index in [0.29, 0.717) is 12.3 Å². The molecule has 2 heterocycles. The maximum atomic E-state index is 12.2. The predicted molar refractivity (Wildman–Crippen MR) is 96.1 cm³/mol. The van der Waals surface area contributed by atoms with Crippen LogP contribution in [0.15, 0.2) is 0 Å². The molecule has 0 unspecified atom stereocenters. The lowest BCUT2D eigenvalue weighted by Gasteiger charge is -2.30. The number of likely N-dealkylation sites (tertiary alicyclic amines) is 1. The maximum absolute atomic E-state index is 12.2. The van der Waals surface area contributed by atoms with Crippen molar-refractivity contribution in [1.29, 1.82) is 0 Å². The number of piperidine rings is 1. The quantitative estimate of drug-likeness (QED) is 0.777. The highest BCUT2D eigenvalue weighted by Gasteiger charge is 2.22. The Morgan fingerprint density at radius 3 is 2.57 bits per heavy atom. The van der Waals surface area contributed by atoms with E-state index in [9.17, 15) is 9.00 Å². The lowest BCUT2D eigenvalue weighted by Crippen LogP contribution is -2.41. The van der Waals surface area contributed by atoms with Gasteiger partial charge in [-0.3, -0.25) is 4.21 Å². The molecule has 2 aliphatic heterocycles. The molecule has 2 aliphatic rings. The normalized spacial score (nSPS) is 27.7. The zero-order chi connectivity index (χ0) is 16.7. The Labute approximate surface area is 143 Å². The van der Waals surface area contributed by atoms with E-state index < -0.39 is 10.8 Å². The summed E-state index contributed by atoms with van der Waals surface area (Å²) in [6, 6.07) is 0.0166. The van der Waals surface area contributed by atoms with E-state index in [-0.39, 0.29) is 11.3 Å². The second kappa shape index (κ2) is 9.62.